The number of amides is 2. The first-order valence-corrected chi connectivity index (χ1v) is 6.56. The molecule has 1 unspecified atom stereocenters. The van der Waals surface area contributed by atoms with Crippen LogP contribution >= 0.6 is 0 Å². The number of carbonyl (C=O) groups excluding carboxylic acids is 1. The summed E-state index contributed by atoms with van der Waals surface area (Å²) in [6, 6.07) is -0.352. The number of nitrogens with one attached hydrogen (secondary N) is 2. The van der Waals surface area contributed by atoms with Crippen molar-refractivity contribution in [2.75, 3.05) is 18.1 Å². The van der Waals surface area contributed by atoms with Crippen LogP contribution < -0.4 is 10.6 Å². The molecule has 1 heterocycles. The molecular weight excluding hydrogens is 216 g/mol. The molecule has 0 radical (unpaired) electrons. The van der Waals surface area contributed by atoms with E-state index in [1.807, 2.05) is 0 Å². The van der Waals surface area contributed by atoms with Crippen molar-refractivity contribution in [2.45, 2.75) is 18.9 Å². The van der Waals surface area contributed by atoms with Crippen LogP contribution in [0.5, 0.6) is 0 Å². The summed E-state index contributed by atoms with van der Waals surface area (Å²) >= 11 is 0. The lowest BCUT2D eigenvalue weighted by Gasteiger charge is -2.23. The monoisotopic (exact) mass is 232 g/mol. The summed E-state index contributed by atoms with van der Waals surface area (Å²) in [5, 5.41) is 5.22. The fourth-order valence-electron chi connectivity index (χ4n) is 1.59. The average Bonchev–Trinajstić information content (AvgIpc) is 2.37. The van der Waals surface area contributed by atoms with Crippen molar-refractivity contribution >= 4 is 15.9 Å². The summed E-state index contributed by atoms with van der Waals surface area (Å²) in [5.41, 5.74) is -0.635. The SMILES string of the molecule is C=CCNC(=O)NC1(C)CCS(=O)(=O)C1. The van der Waals surface area contributed by atoms with Crippen LogP contribution in [-0.4, -0.2) is 38.0 Å². The fourth-order valence-corrected chi connectivity index (χ4v) is 3.69. The third-order valence-corrected chi connectivity index (χ3v) is 4.23. The molecule has 1 rings (SSSR count). The van der Waals surface area contributed by atoms with E-state index in [1.54, 1.807) is 13.0 Å². The second kappa shape index (κ2) is 4.22. The smallest absolute Gasteiger partial charge is 0.315 e. The Labute approximate surface area is 89.8 Å². The second-order valence-electron chi connectivity index (χ2n) is 4.03. The molecule has 15 heavy (non-hydrogen) atoms. The molecule has 0 bridgehead atoms. The van der Waals surface area contributed by atoms with E-state index in [2.05, 4.69) is 17.2 Å². The van der Waals surface area contributed by atoms with E-state index in [1.165, 1.54) is 0 Å². The molecule has 0 saturated carbocycles. The number of sulfone groups is 1. The quantitative estimate of drug-likeness (QED) is 0.675. The molecule has 1 aliphatic rings. The molecule has 1 fully saturated rings. The summed E-state index contributed by atoms with van der Waals surface area (Å²) < 4.78 is 22.5. The van der Waals surface area contributed by atoms with Crippen LogP contribution in [0.15, 0.2) is 12.7 Å². The summed E-state index contributed by atoms with van der Waals surface area (Å²) in [6.07, 6.45) is 2.03. The van der Waals surface area contributed by atoms with Crippen molar-refractivity contribution in [2.24, 2.45) is 0 Å². The van der Waals surface area contributed by atoms with E-state index in [-0.39, 0.29) is 17.5 Å². The lowest BCUT2D eigenvalue weighted by atomic mass is 10.0. The van der Waals surface area contributed by atoms with Crippen molar-refractivity contribution in [3.63, 3.8) is 0 Å². The Bertz CT molecular complexity index is 364. The predicted molar refractivity (Wildman–Crippen MR) is 58.4 cm³/mol. The maximum absolute atomic E-state index is 11.3. The maximum atomic E-state index is 11.3. The topological polar surface area (TPSA) is 75.3 Å². The van der Waals surface area contributed by atoms with Gasteiger partial charge in [0.1, 0.15) is 0 Å². The van der Waals surface area contributed by atoms with Crippen molar-refractivity contribution in [1.82, 2.24) is 10.6 Å². The van der Waals surface area contributed by atoms with Gasteiger partial charge in [-0.1, -0.05) is 6.08 Å². The van der Waals surface area contributed by atoms with Crippen LogP contribution in [0.1, 0.15) is 13.3 Å². The lowest BCUT2D eigenvalue weighted by Crippen LogP contribution is -2.51. The normalized spacial score (nSPS) is 28.3. The number of hydrogen-bond donors (Lipinski definition) is 2. The van der Waals surface area contributed by atoms with Crippen LogP contribution in [0, 0.1) is 0 Å². The van der Waals surface area contributed by atoms with Crippen molar-refractivity contribution in [3.05, 3.63) is 12.7 Å². The van der Waals surface area contributed by atoms with Gasteiger partial charge in [-0.05, 0) is 13.3 Å². The highest BCUT2D eigenvalue weighted by molar-refractivity contribution is 7.91. The summed E-state index contributed by atoms with van der Waals surface area (Å²) in [7, 11) is -2.98. The van der Waals surface area contributed by atoms with Gasteiger partial charge in [-0.3, -0.25) is 0 Å². The molecule has 1 saturated heterocycles. The fraction of sp³-hybridized carbons (Fsp3) is 0.667. The third kappa shape index (κ3) is 3.54. The first-order chi connectivity index (χ1) is 6.87. The number of rotatable bonds is 3. The third-order valence-electron chi connectivity index (χ3n) is 2.33. The van der Waals surface area contributed by atoms with Crippen molar-refractivity contribution in [1.29, 1.82) is 0 Å². The van der Waals surface area contributed by atoms with Gasteiger partial charge in [-0.15, -0.1) is 6.58 Å². The van der Waals surface area contributed by atoms with Crippen LogP contribution in [-0.2, 0) is 9.84 Å². The van der Waals surface area contributed by atoms with Gasteiger partial charge in [0.05, 0.1) is 17.0 Å². The van der Waals surface area contributed by atoms with E-state index in [0.717, 1.165) is 0 Å². The minimum Gasteiger partial charge on any atom is -0.335 e. The standard InChI is InChI=1S/C9H16N2O3S/c1-3-5-10-8(12)11-9(2)4-6-15(13,14)7-9/h3H,1,4-7H2,2H3,(H2,10,11,12). The molecule has 0 aromatic rings. The number of hydrogen-bond acceptors (Lipinski definition) is 3. The van der Waals surface area contributed by atoms with Crippen LogP contribution in [0.3, 0.4) is 0 Å². The molecule has 0 aromatic carbocycles. The Morgan fingerprint density at radius 3 is 2.73 bits per heavy atom. The van der Waals surface area contributed by atoms with Gasteiger partial charge in [-0.2, -0.15) is 0 Å². The molecule has 0 aliphatic carbocycles. The molecule has 1 atom stereocenters. The Balaban J connectivity index is 2.51. The van der Waals surface area contributed by atoms with Crippen molar-refractivity contribution in [3.8, 4) is 0 Å². The highest BCUT2D eigenvalue weighted by Gasteiger charge is 2.39. The summed E-state index contributed by atoms with van der Waals surface area (Å²) in [4.78, 5) is 11.3. The molecule has 86 valence electrons. The minimum atomic E-state index is -2.98. The van der Waals surface area contributed by atoms with Crippen LogP contribution in [0.2, 0.25) is 0 Å². The molecule has 5 nitrogen and oxygen atoms in total. The molecule has 1 aliphatic heterocycles. The van der Waals surface area contributed by atoms with Gasteiger partial charge in [0, 0.05) is 6.54 Å². The highest BCUT2D eigenvalue weighted by atomic mass is 32.2. The molecular formula is C9H16N2O3S. The summed E-state index contributed by atoms with van der Waals surface area (Å²) in [6.45, 7) is 5.58. The van der Waals surface area contributed by atoms with E-state index in [9.17, 15) is 13.2 Å². The zero-order valence-electron chi connectivity index (χ0n) is 8.75. The van der Waals surface area contributed by atoms with E-state index in [4.69, 9.17) is 0 Å². The Morgan fingerprint density at radius 2 is 2.27 bits per heavy atom. The Morgan fingerprint density at radius 1 is 1.60 bits per heavy atom. The number of urea groups is 1. The van der Waals surface area contributed by atoms with E-state index < -0.39 is 15.4 Å². The Kier molecular flexibility index (Phi) is 3.38. The number of carbonyl (C=O) groups is 1. The molecule has 6 heteroatoms. The lowest BCUT2D eigenvalue weighted by molar-refractivity contribution is 0.231. The zero-order valence-corrected chi connectivity index (χ0v) is 9.56. The zero-order chi connectivity index (χ0) is 11.5. The van der Waals surface area contributed by atoms with Gasteiger partial charge < -0.3 is 10.6 Å². The van der Waals surface area contributed by atoms with E-state index in [0.29, 0.717) is 13.0 Å². The van der Waals surface area contributed by atoms with Gasteiger partial charge in [-0.25, -0.2) is 13.2 Å². The van der Waals surface area contributed by atoms with Crippen LogP contribution in [0.25, 0.3) is 0 Å². The van der Waals surface area contributed by atoms with Crippen molar-refractivity contribution < 1.29 is 13.2 Å². The highest BCUT2D eigenvalue weighted by Crippen LogP contribution is 2.22. The predicted octanol–water partition coefficient (Wildman–Crippen LogP) is 0.0488. The molecule has 0 aromatic heterocycles. The largest absolute Gasteiger partial charge is 0.335 e. The average molecular weight is 232 g/mol. The van der Waals surface area contributed by atoms with Crippen LogP contribution in [0.4, 0.5) is 4.79 Å². The molecule has 2 N–H and O–H groups in total. The van der Waals surface area contributed by atoms with E-state index >= 15 is 0 Å². The molecule has 2 amide bonds. The first-order valence-electron chi connectivity index (χ1n) is 4.74. The molecule has 0 spiro atoms. The van der Waals surface area contributed by atoms with Gasteiger partial charge >= 0.3 is 6.03 Å². The Hall–Kier alpha value is -1.04. The second-order valence-corrected chi connectivity index (χ2v) is 6.21. The van der Waals surface area contributed by atoms with Gasteiger partial charge in [0.15, 0.2) is 9.84 Å². The minimum absolute atomic E-state index is 0.0154. The maximum Gasteiger partial charge on any atom is 0.315 e. The first kappa shape index (κ1) is 12.0. The van der Waals surface area contributed by atoms with Gasteiger partial charge in [0.2, 0.25) is 0 Å². The van der Waals surface area contributed by atoms with Gasteiger partial charge in [0.25, 0.3) is 0 Å². The summed E-state index contributed by atoms with van der Waals surface area (Å²) in [5.74, 6) is 0.159.